The van der Waals surface area contributed by atoms with Crippen LogP contribution in [-0.2, 0) is 23.8 Å². The summed E-state index contributed by atoms with van der Waals surface area (Å²) in [4.78, 5) is 24.7. The zero-order chi connectivity index (χ0) is 19.2. The highest BCUT2D eigenvalue weighted by Crippen LogP contribution is 2.40. The van der Waals surface area contributed by atoms with E-state index in [1.807, 2.05) is 26.8 Å². The Morgan fingerprint density at radius 2 is 1.92 bits per heavy atom. The van der Waals surface area contributed by atoms with Crippen LogP contribution in [0.1, 0.15) is 40.5 Å². The van der Waals surface area contributed by atoms with Crippen LogP contribution in [0.3, 0.4) is 0 Å². The van der Waals surface area contributed by atoms with Gasteiger partial charge in [0.05, 0.1) is 18.1 Å². The number of hydrogen-bond acceptors (Lipinski definition) is 6. The SMILES string of the molecule is C=C1C(=O)OC2C=C(C)CC(O)C=C(C)CC(OC(=O)C3(C)OC3C)C12. The summed E-state index contributed by atoms with van der Waals surface area (Å²) in [5.41, 5.74) is 1.14. The van der Waals surface area contributed by atoms with Crippen molar-refractivity contribution in [2.75, 3.05) is 0 Å². The van der Waals surface area contributed by atoms with Crippen LogP contribution in [0.5, 0.6) is 0 Å². The molecule has 0 aromatic carbocycles. The number of fused-ring (bicyclic) bond motifs is 1. The third-order valence-corrected chi connectivity index (χ3v) is 5.45. The molecule has 0 spiro atoms. The normalized spacial score (nSPS) is 40.1. The minimum atomic E-state index is -0.946. The second-order valence-electron chi connectivity index (χ2n) is 7.73. The molecule has 6 nitrogen and oxygen atoms in total. The summed E-state index contributed by atoms with van der Waals surface area (Å²) in [5, 5.41) is 10.2. The number of aliphatic hydroxyl groups excluding tert-OH is 1. The van der Waals surface area contributed by atoms with Gasteiger partial charge in [-0.3, -0.25) is 0 Å². The molecule has 6 heteroatoms. The standard InChI is InChI=1S/C20H26O6/c1-10-6-14(21)7-11(2)9-16(25-19(23)20(5)13(4)26-20)17-12(3)18(22)24-15(17)8-10/h7-8,13-17,21H,3,6,9H2,1-2,4-5H3. The van der Waals surface area contributed by atoms with E-state index in [2.05, 4.69) is 6.58 Å². The number of hydrogen-bond donors (Lipinski definition) is 1. The van der Waals surface area contributed by atoms with Crippen molar-refractivity contribution in [1.82, 2.24) is 0 Å². The second-order valence-corrected chi connectivity index (χ2v) is 7.73. The molecule has 1 N–H and O–H groups in total. The van der Waals surface area contributed by atoms with E-state index in [4.69, 9.17) is 14.2 Å². The van der Waals surface area contributed by atoms with E-state index in [1.54, 1.807) is 13.0 Å². The van der Waals surface area contributed by atoms with Gasteiger partial charge in [-0.15, -0.1) is 0 Å². The molecule has 0 aromatic rings. The van der Waals surface area contributed by atoms with Gasteiger partial charge in [-0.05, 0) is 40.2 Å². The molecular weight excluding hydrogens is 336 g/mol. The predicted molar refractivity (Wildman–Crippen MR) is 94.1 cm³/mol. The Bertz CT molecular complexity index is 705. The smallest absolute Gasteiger partial charge is 0.341 e. The fraction of sp³-hybridized carbons (Fsp3) is 0.600. The summed E-state index contributed by atoms with van der Waals surface area (Å²) in [7, 11) is 0. The number of rotatable bonds is 2. The summed E-state index contributed by atoms with van der Waals surface area (Å²) >= 11 is 0. The highest BCUT2D eigenvalue weighted by molar-refractivity contribution is 5.91. The van der Waals surface area contributed by atoms with E-state index < -0.39 is 41.8 Å². The lowest BCUT2D eigenvalue weighted by Gasteiger charge is -2.28. The van der Waals surface area contributed by atoms with Gasteiger partial charge in [0, 0.05) is 12.0 Å². The number of ether oxygens (including phenoxy) is 3. The summed E-state index contributed by atoms with van der Waals surface area (Å²) in [6.45, 7) is 11.1. The summed E-state index contributed by atoms with van der Waals surface area (Å²) in [5.74, 6) is -1.39. The molecule has 6 unspecified atom stereocenters. The van der Waals surface area contributed by atoms with Crippen LogP contribution in [-0.4, -0.2) is 47.1 Å². The van der Waals surface area contributed by atoms with E-state index in [1.165, 1.54) is 0 Å². The molecule has 0 amide bonds. The zero-order valence-electron chi connectivity index (χ0n) is 15.7. The van der Waals surface area contributed by atoms with Crippen LogP contribution in [0.2, 0.25) is 0 Å². The fourth-order valence-electron chi connectivity index (χ4n) is 3.68. The van der Waals surface area contributed by atoms with Gasteiger partial charge in [-0.25, -0.2) is 9.59 Å². The summed E-state index contributed by atoms with van der Waals surface area (Å²) in [6.07, 6.45) is 2.41. The lowest BCUT2D eigenvalue weighted by molar-refractivity contribution is -0.157. The number of epoxide rings is 1. The van der Waals surface area contributed by atoms with Gasteiger partial charge in [-0.2, -0.15) is 0 Å². The largest absolute Gasteiger partial charge is 0.459 e. The van der Waals surface area contributed by atoms with Crippen LogP contribution in [0, 0.1) is 5.92 Å². The van der Waals surface area contributed by atoms with Crippen LogP contribution >= 0.6 is 0 Å². The quantitative estimate of drug-likeness (QED) is 0.351. The summed E-state index contributed by atoms with van der Waals surface area (Å²) in [6, 6.07) is 0. The molecule has 2 heterocycles. The molecule has 0 radical (unpaired) electrons. The molecule has 142 valence electrons. The first-order valence-corrected chi connectivity index (χ1v) is 8.93. The molecule has 2 fully saturated rings. The molecule has 26 heavy (non-hydrogen) atoms. The van der Waals surface area contributed by atoms with Gasteiger partial charge in [0.2, 0.25) is 0 Å². The Balaban J connectivity index is 1.93. The average Bonchev–Trinajstić information content (AvgIpc) is 3.04. The first kappa shape index (κ1) is 18.9. The van der Waals surface area contributed by atoms with Crippen LogP contribution in [0.4, 0.5) is 0 Å². The number of aliphatic hydroxyl groups is 1. The minimum absolute atomic E-state index is 0.199. The second kappa shape index (κ2) is 6.67. The van der Waals surface area contributed by atoms with Crippen molar-refractivity contribution in [3.63, 3.8) is 0 Å². The Morgan fingerprint density at radius 3 is 2.54 bits per heavy atom. The fourth-order valence-corrected chi connectivity index (χ4v) is 3.68. The van der Waals surface area contributed by atoms with Gasteiger partial charge in [0.1, 0.15) is 12.2 Å². The Labute approximate surface area is 153 Å². The predicted octanol–water partition coefficient (Wildman–Crippen LogP) is 2.22. The van der Waals surface area contributed by atoms with Crippen LogP contribution in [0.15, 0.2) is 35.5 Å². The van der Waals surface area contributed by atoms with E-state index in [0.29, 0.717) is 18.4 Å². The van der Waals surface area contributed by atoms with Crippen molar-refractivity contribution in [3.05, 3.63) is 35.5 Å². The van der Waals surface area contributed by atoms with Crippen molar-refractivity contribution < 1.29 is 28.9 Å². The van der Waals surface area contributed by atoms with Gasteiger partial charge < -0.3 is 19.3 Å². The molecular formula is C20H26O6. The maximum Gasteiger partial charge on any atom is 0.341 e. The zero-order valence-corrected chi connectivity index (χ0v) is 15.7. The monoisotopic (exact) mass is 362 g/mol. The molecule has 0 saturated carbocycles. The molecule has 3 rings (SSSR count). The van der Waals surface area contributed by atoms with E-state index >= 15 is 0 Å². The van der Waals surface area contributed by atoms with Gasteiger partial charge in [0.15, 0.2) is 5.60 Å². The topological polar surface area (TPSA) is 85.4 Å². The highest BCUT2D eigenvalue weighted by atomic mass is 16.7. The van der Waals surface area contributed by atoms with Crippen molar-refractivity contribution in [2.24, 2.45) is 5.92 Å². The lowest BCUT2D eigenvalue weighted by Crippen LogP contribution is -2.37. The maximum absolute atomic E-state index is 12.6. The average molecular weight is 362 g/mol. The van der Waals surface area contributed by atoms with Crippen LogP contribution < -0.4 is 0 Å². The third kappa shape index (κ3) is 3.48. The molecule has 0 bridgehead atoms. The van der Waals surface area contributed by atoms with Crippen molar-refractivity contribution in [2.45, 2.75) is 70.6 Å². The molecule has 0 aromatic heterocycles. The Morgan fingerprint density at radius 1 is 1.31 bits per heavy atom. The molecule has 3 aliphatic rings. The summed E-state index contributed by atoms with van der Waals surface area (Å²) < 4.78 is 16.6. The van der Waals surface area contributed by atoms with Crippen molar-refractivity contribution in [1.29, 1.82) is 0 Å². The van der Waals surface area contributed by atoms with Gasteiger partial charge >= 0.3 is 11.9 Å². The lowest BCUT2D eigenvalue weighted by atomic mass is 9.85. The molecule has 2 aliphatic heterocycles. The number of carbonyl (C=O) groups is 2. The number of carbonyl (C=O) groups excluding carboxylic acids is 2. The van der Waals surface area contributed by atoms with E-state index in [9.17, 15) is 14.7 Å². The van der Waals surface area contributed by atoms with Gasteiger partial charge in [0.25, 0.3) is 0 Å². The Hall–Kier alpha value is -1.92. The van der Waals surface area contributed by atoms with Crippen molar-refractivity contribution >= 4 is 11.9 Å². The Kier molecular flexibility index (Phi) is 4.84. The van der Waals surface area contributed by atoms with Crippen molar-refractivity contribution in [3.8, 4) is 0 Å². The van der Waals surface area contributed by atoms with E-state index in [0.717, 1.165) is 11.1 Å². The molecule has 2 saturated heterocycles. The third-order valence-electron chi connectivity index (χ3n) is 5.45. The first-order chi connectivity index (χ1) is 12.1. The number of esters is 2. The first-order valence-electron chi connectivity index (χ1n) is 8.93. The molecule has 1 aliphatic carbocycles. The molecule has 6 atom stereocenters. The highest BCUT2D eigenvalue weighted by Gasteiger charge is 2.58. The maximum atomic E-state index is 12.6. The van der Waals surface area contributed by atoms with Gasteiger partial charge in [-0.1, -0.05) is 23.8 Å². The van der Waals surface area contributed by atoms with Crippen LogP contribution in [0.25, 0.3) is 0 Å². The van der Waals surface area contributed by atoms with E-state index in [-0.39, 0.29) is 6.10 Å². The minimum Gasteiger partial charge on any atom is -0.459 e.